The molecular formula is C12H16BrClN2. The van der Waals surface area contributed by atoms with Crippen molar-refractivity contribution in [3.05, 3.63) is 22.3 Å². The van der Waals surface area contributed by atoms with Crippen molar-refractivity contribution in [1.29, 1.82) is 0 Å². The van der Waals surface area contributed by atoms with Crippen molar-refractivity contribution in [2.24, 2.45) is 0 Å². The van der Waals surface area contributed by atoms with E-state index in [1.165, 1.54) is 24.8 Å². The van der Waals surface area contributed by atoms with E-state index in [4.69, 9.17) is 11.6 Å². The SMILES string of the molecule is Cc1cc(N(CCCl)C2CCC2)ncc1Br. The van der Waals surface area contributed by atoms with E-state index in [9.17, 15) is 0 Å². The molecule has 0 unspecified atom stereocenters. The standard InChI is InChI=1S/C12H16BrClN2/c1-9-7-12(15-8-11(9)13)16(6-5-14)10-3-2-4-10/h7-8,10H,2-6H2,1H3. The highest BCUT2D eigenvalue weighted by Gasteiger charge is 2.25. The summed E-state index contributed by atoms with van der Waals surface area (Å²) in [7, 11) is 0. The van der Waals surface area contributed by atoms with Crippen LogP contribution in [0.5, 0.6) is 0 Å². The van der Waals surface area contributed by atoms with Crippen LogP contribution in [0.25, 0.3) is 0 Å². The summed E-state index contributed by atoms with van der Waals surface area (Å²) in [5.74, 6) is 1.72. The van der Waals surface area contributed by atoms with E-state index < -0.39 is 0 Å². The average Bonchev–Trinajstić information content (AvgIpc) is 2.19. The smallest absolute Gasteiger partial charge is 0.129 e. The zero-order chi connectivity index (χ0) is 11.5. The minimum atomic E-state index is 0.645. The Kier molecular flexibility index (Phi) is 4.09. The summed E-state index contributed by atoms with van der Waals surface area (Å²) in [4.78, 5) is 6.82. The summed E-state index contributed by atoms with van der Waals surface area (Å²) in [5.41, 5.74) is 1.23. The second-order valence-electron chi connectivity index (χ2n) is 4.26. The molecule has 1 aromatic rings. The molecule has 1 saturated carbocycles. The first-order valence-corrected chi connectivity index (χ1v) is 7.00. The Labute approximate surface area is 110 Å². The molecule has 0 aromatic carbocycles. The highest BCUT2D eigenvalue weighted by Crippen LogP contribution is 2.29. The molecular weight excluding hydrogens is 288 g/mol. The highest BCUT2D eigenvalue weighted by molar-refractivity contribution is 9.10. The number of aryl methyl sites for hydroxylation is 1. The van der Waals surface area contributed by atoms with Gasteiger partial charge in [-0.15, -0.1) is 11.6 Å². The van der Waals surface area contributed by atoms with Gasteiger partial charge in [0.25, 0.3) is 0 Å². The molecule has 16 heavy (non-hydrogen) atoms. The van der Waals surface area contributed by atoms with Crippen molar-refractivity contribution < 1.29 is 0 Å². The fraction of sp³-hybridized carbons (Fsp3) is 0.583. The van der Waals surface area contributed by atoms with E-state index in [2.05, 4.69) is 38.8 Å². The minimum Gasteiger partial charge on any atom is -0.352 e. The van der Waals surface area contributed by atoms with Crippen molar-refractivity contribution in [3.63, 3.8) is 0 Å². The number of hydrogen-bond donors (Lipinski definition) is 0. The molecule has 0 spiro atoms. The van der Waals surface area contributed by atoms with Crippen LogP contribution in [0.1, 0.15) is 24.8 Å². The zero-order valence-corrected chi connectivity index (χ0v) is 11.8. The summed E-state index contributed by atoms with van der Waals surface area (Å²) in [6.07, 6.45) is 5.75. The third-order valence-electron chi connectivity index (χ3n) is 3.17. The molecule has 2 rings (SSSR count). The maximum absolute atomic E-state index is 5.86. The van der Waals surface area contributed by atoms with Crippen molar-refractivity contribution in [1.82, 2.24) is 4.98 Å². The third-order valence-corrected chi connectivity index (χ3v) is 4.17. The Morgan fingerprint density at radius 1 is 1.56 bits per heavy atom. The second kappa shape index (κ2) is 5.37. The molecule has 1 aromatic heterocycles. The Balaban J connectivity index is 2.20. The van der Waals surface area contributed by atoms with Gasteiger partial charge in [-0.3, -0.25) is 0 Å². The van der Waals surface area contributed by atoms with Crippen LogP contribution in [-0.2, 0) is 0 Å². The maximum atomic E-state index is 5.86. The molecule has 0 aliphatic heterocycles. The quantitative estimate of drug-likeness (QED) is 0.788. The number of pyridine rings is 1. The molecule has 1 fully saturated rings. The third kappa shape index (κ3) is 2.51. The zero-order valence-electron chi connectivity index (χ0n) is 9.42. The van der Waals surface area contributed by atoms with Gasteiger partial charge in [0.05, 0.1) is 0 Å². The van der Waals surface area contributed by atoms with Crippen LogP contribution in [0, 0.1) is 6.92 Å². The first-order chi connectivity index (χ1) is 7.72. The molecule has 0 bridgehead atoms. The normalized spacial score (nSPS) is 15.9. The van der Waals surface area contributed by atoms with Crippen molar-refractivity contribution in [2.75, 3.05) is 17.3 Å². The monoisotopic (exact) mass is 302 g/mol. The maximum Gasteiger partial charge on any atom is 0.129 e. The molecule has 0 amide bonds. The Hall–Kier alpha value is -0.280. The summed E-state index contributed by atoms with van der Waals surface area (Å²) in [6.45, 7) is 2.98. The molecule has 88 valence electrons. The first-order valence-electron chi connectivity index (χ1n) is 5.67. The molecule has 4 heteroatoms. The van der Waals surface area contributed by atoms with E-state index in [1.54, 1.807) is 0 Å². The topological polar surface area (TPSA) is 16.1 Å². The first kappa shape index (κ1) is 12.2. The van der Waals surface area contributed by atoms with Gasteiger partial charge in [0.1, 0.15) is 5.82 Å². The molecule has 0 atom stereocenters. The predicted octanol–water partition coefficient (Wildman–Crippen LogP) is 3.75. The van der Waals surface area contributed by atoms with Gasteiger partial charge in [-0.25, -0.2) is 4.98 Å². The lowest BCUT2D eigenvalue weighted by atomic mass is 9.91. The van der Waals surface area contributed by atoms with E-state index >= 15 is 0 Å². The lowest BCUT2D eigenvalue weighted by Gasteiger charge is -2.38. The minimum absolute atomic E-state index is 0.645. The lowest BCUT2D eigenvalue weighted by Crippen LogP contribution is -2.42. The van der Waals surface area contributed by atoms with Gasteiger partial charge < -0.3 is 4.90 Å². The molecule has 1 heterocycles. The Morgan fingerprint density at radius 2 is 2.31 bits per heavy atom. The fourth-order valence-electron chi connectivity index (χ4n) is 1.96. The molecule has 1 aliphatic carbocycles. The number of halogens is 2. The lowest BCUT2D eigenvalue weighted by molar-refractivity contribution is 0.388. The summed E-state index contributed by atoms with van der Waals surface area (Å²) in [6, 6.07) is 2.78. The largest absolute Gasteiger partial charge is 0.352 e. The van der Waals surface area contributed by atoms with Gasteiger partial charge in [-0.05, 0) is 53.7 Å². The molecule has 0 radical (unpaired) electrons. The predicted molar refractivity (Wildman–Crippen MR) is 72.4 cm³/mol. The Bertz CT molecular complexity index is 366. The second-order valence-corrected chi connectivity index (χ2v) is 5.49. The molecule has 0 saturated heterocycles. The van der Waals surface area contributed by atoms with Crippen LogP contribution in [0.3, 0.4) is 0 Å². The fourth-order valence-corrected chi connectivity index (χ4v) is 2.35. The highest BCUT2D eigenvalue weighted by atomic mass is 79.9. The number of anilines is 1. The number of aromatic nitrogens is 1. The summed E-state index contributed by atoms with van der Waals surface area (Å²) < 4.78 is 1.07. The van der Waals surface area contributed by atoms with Gasteiger partial charge in [-0.2, -0.15) is 0 Å². The van der Waals surface area contributed by atoms with E-state index in [0.29, 0.717) is 11.9 Å². The summed E-state index contributed by atoms with van der Waals surface area (Å²) >= 11 is 9.34. The summed E-state index contributed by atoms with van der Waals surface area (Å²) in [5, 5.41) is 0. The van der Waals surface area contributed by atoms with E-state index in [1.807, 2.05) is 6.20 Å². The van der Waals surface area contributed by atoms with Crippen molar-refractivity contribution in [2.45, 2.75) is 32.2 Å². The van der Waals surface area contributed by atoms with Gasteiger partial charge in [0.15, 0.2) is 0 Å². The molecule has 1 aliphatic rings. The van der Waals surface area contributed by atoms with Crippen LogP contribution in [0.2, 0.25) is 0 Å². The van der Waals surface area contributed by atoms with Crippen LogP contribution in [-0.4, -0.2) is 23.5 Å². The number of hydrogen-bond acceptors (Lipinski definition) is 2. The van der Waals surface area contributed by atoms with Crippen LogP contribution in [0.4, 0.5) is 5.82 Å². The van der Waals surface area contributed by atoms with Gasteiger partial charge in [0, 0.05) is 29.1 Å². The Morgan fingerprint density at radius 3 is 2.81 bits per heavy atom. The van der Waals surface area contributed by atoms with E-state index in [0.717, 1.165) is 16.8 Å². The van der Waals surface area contributed by atoms with Crippen LogP contribution >= 0.6 is 27.5 Å². The van der Waals surface area contributed by atoms with Crippen molar-refractivity contribution >= 4 is 33.3 Å². The van der Waals surface area contributed by atoms with Gasteiger partial charge in [0.2, 0.25) is 0 Å². The van der Waals surface area contributed by atoms with Crippen LogP contribution < -0.4 is 4.90 Å². The van der Waals surface area contributed by atoms with Crippen LogP contribution in [0.15, 0.2) is 16.7 Å². The van der Waals surface area contributed by atoms with Crippen molar-refractivity contribution in [3.8, 4) is 0 Å². The van der Waals surface area contributed by atoms with Gasteiger partial charge >= 0.3 is 0 Å². The average molecular weight is 304 g/mol. The van der Waals surface area contributed by atoms with E-state index in [-0.39, 0.29) is 0 Å². The number of nitrogens with zero attached hydrogens (tertiary/aromatic N) is 2. The number of rotatable bonds is 4. The molecule has 2 nitrogen and oxygen atoms in total. The molecule has 0 N–H and O–H groups in total. The van der Waals surface area contributed by atoms with Gasteiger partial charge in [-0.1, -0.05) is 0 Å². The number of alkyl halides is 1.